The van der Waals surface area contributed by atoms with E-state index in [1.54, 1.807) is 4.90 Å². The normalized spacial score (nSPS) is 18.5. The molecule has 6 nitrogen and oxygen atoms in total. The van der Waals surface area contributed by atoms with Gasteiger partial charge in [0.25, 0.3) is 5.91 Å². The van der Waals surface area contributed by atoms with E-state index in [1.807, 2.05) is 4.90 Å². The van der Waals surface area contributed by atoms with Crippen LogP contribution in [0.5, 0.6) is 5.75 Å². The predicted octanol–water partition coefficient (Wildman–Crippen LogP) is 3.12. The lowest BCUT2D eigenvalue weighted by Crippen LogP contribution is -2.48. The van der Waals surface area contributed by atoms with E-state index >= 15 is 0 Å². The Balaban J connectivity index is 1.47. The molecule has 9 heteroatoms. The van der Waals surface area contributed by atoms with Crippen LogP contribution in [0.15, 0.2) is 12.1 Å². The van der Waals surface area contributed by atoms with Crippen molar-refractivity contribution in [3.05, 3.63) is 27.2 Å². The fourth-order valence-corrected chi connectivity index (χ4v) is 3.85. The van der Waals surface area contributed by atoms with Gasteiger partial charge in [-0.15, -0.1) is 0 Å². The molecule has 0 aliphatic carbocycles. The van der Waals surface area contributed by atoms with Gasteiger partial charge >= 0.3 is 0 Å². The van der Waals surface area contributed by atoms with Gasteiger partial charge in [-0.3, -0.25) is 9.59 Å². The van der Waals surface area contributed by atoms with Crippen molar-refractivity contribution in [2.75, 3.05) is 46.0 Å². The molecule has 1 aromatic rings. The van der Waals surface area contributed by atoms with Crippen molar-refractivity contribution in [1.82, 2.24) is 9.80 Å². The maximum atomic E-state index is 12.5. The summed E-state index contributed by atoms with van der Waals surface area (Å²) >= 11 is 17.9. The van der Waals surface area contributed by atoms with Crippen LogP contribution < -0.4 is 4.74 Å². The minimum absolute atomic E-state index is 0.0300. The molecule has 3 rings (SSSR count). The fraction of sp³-hybridized carbons (Fsp3) is 0.556. The summed E-state index contributed by atoms with van der Waals surface area (Å²) in [6.45, 7) is 3.43. The Kier molecular flexibility index (Phi) is 7.09. The van der Waals surface area contributed by atoms with E-state index in [9.17, 15) is 9.59 Å². The second-order valence-electron chi connectivity index (χ2n) is 6.58. The number of carbonyl (C=O) groups excluding carboxylic acids is 2. The smallest absolute Gasteiger partial charge is 0.260 e. The van der Waals surface area contributed by atoms with Crippen molar-refractivity contribution in [3.8, 4) is 5.75 Å². The molecule has 0 saturated carbocycles. The zero-order valence-electron chi connectivity index (χ0n) is 14.8. The summed E-state index contributed by atoms with van der Waals surface area (Å²) in [5.74, 6) is 0.313. The van der Waals surface area contributed by atoms with E-state index in [4.69, 9.17) is 44.3 Å². The number of ether oxygens (including phenoxy) is 2. The molecule has 27 heavy (non-hydrogen) atoms. The lowest BCUT2D eigenvalue weighted by molar-refractivity contribution is -0.144. The standard InChI is InChI=1S/C18H21Cl3N2O4/c19-13-9-15(21)16(10-14(13)20)27-11-17(24)22-3-1-12(2-4-22)18(25)23-5-7-26-8-6-23/h9-10,12H,1-8,11H2. The molecule has 0 aromatic heterocycles. The van der Waals surface area contributed by atoms with Gasteiger partial charge in [0.05, 0.1) is 28.3 Å². The molecule has 1 aromatic carbocycles. The average molecular weight is 436 g/mol. The Bertz CT molecular complexity index is 702. The lowest BCUT2D eigenvalue weighted by Gasteiger charge is -2.35. The number of benzene rings is 1. The van der Waals surface area contributed by atoms with E-state index in [1.165, 1.54) is 12.1 Å². The summed E-state index contributed by atoms with van der Waals surface area (Å²) < 4.78 is 10.8. The second kappa shape index (κ2) is 9.32. The Morgan fingerprint density at radius 2 is 1.59 bits per heavy atom. The summed E-state index contributed by atoms with van der Waals surface area (Å²) in [4.78, 5) is 28.5. The predicted molar refractivity (Wildman–Crippen MR) is 104 cm³/mol. The topological polar surface area (TPSA) is 59.1 Å². The van der Waals surface area contributed by atoms with Gasteiger partial charge in [-0.1, -0.05) is 34.8 Å². The first-order valence-corrected chi connectivity index (χ1v) is 10.0. The number of nitrogens with zero attached hydrogens (tertiary/aromatic N) is 2. The molecule has 0 bridgehead atoms. The zero-order valence-corrected chi connectivity index (χ0v) is 17.0. The number of halogens is 3. The highest BCUT2D eigenvalue weighted by atomic mass is 35.5. The summed E-state index contributed by atoms with van der Waals surface area (Å²) in [6.07, 6.45) is 1.32. The highest BCUT2D eigenvalue weighted by Gasteiger charge is 2.31. The van der Waals surface area contributed by atoms with Gasteiger partial charge in [0.1, 0.15) is 5.75 Å². The molecule has 2 fully saturated rings. The van der Waals surface area contributed by atoms with E-state index in [-0.39, 0.29) is 24.3 Å². The van der Waals surface area contributed by atoms with Crippen LogP contribution in [0.4, 0.5) is 0 Å². The summed E-state index contributed by atoms with van der Waals surface area (Å²) in [6, 6.07) is 2.97. The quantitative estimate of drug-likeness (QED) is 0.682. The molecule has 2 heterocycles. The maximum absolute atomic E-state index is 12.5. The van der Waals surface area contributed by atoms with Crippen molar-refractivity contribution in [3.63, 3.8) is 0 Å². The van der Waals surface area contributed by atoms with Crippen LogP contribution in [0.3, 0.4) is 0 Å². The van der Waals surface area contributed by atoms with Crippen LogP contribution in [-0.2, 0) is 14.3 Å². The van der Waals surface area contributed by atoms with E-state index < -0.39 is 0 Å². The molecule has 0 atom stereocenters. The third kappa shape index (κ3) is 5.19. The molecule has 2 aliphatic heterocycles. The molecule has 0 radical (unpaired) electrons. The molecule has 0 unspecified atom stereocenters. The summed E-state index contributed by atoms with van der Waals surface area (Å²) in [5.41, 5.74) is 0. The lowest BCUT2D eigenvalue weighted by atomic mass is 9.95. The van der Waals surface area contributed by atoms with Crippen molar-refractivity contribution >= 4 is 46.6 Å². The van der Waals surface area contributed by atoms with Crippen molar-refractivity contribution in [1.29, 1.82) is 0 Å². The summed E-state index contributed by atoms with van der Waals surface area (Å²) in [5, 5.41) is 0.935. The third-order valence-corrected chi connectivity index (χ3v) is 5.86. The van der Waals surface area contributed by atoms with Crippen LogP contribution in [-0.4, -0.2) is 67.6 Å². The highest BCUT2D eigenvalue weighted by molar-refractivity contribution is 6.43. The first-order valence-electron chi connectivity index (χ1n) is 8.87. The Morgan fingerprint density at radius 1 is 0.963 bits per heavy atom. The number of morpholine rings is 1. The van der Waals surface area contributed by atoms with Gasteiger partial charge in [-0.25, -0.2) is 0 Å². The van der Waals surface area contributed by atoms with Gasteiger partial charge in [0.2, 0.25) is 5.91 Å². The highest BCUT2D eigenvalue weighted by Crippen LogP contribution is 2.33. The number of carbonyl (C=O) groups is 2. The molecule has 0 spiro atoms. The molecule has 2 aliphatic rings. The van der Waals surface area contributed by atoms with Crippen LogP contribution in [0.2, 0.25) is 15.1 Å². The van der Waals surface area contributed by atoms with Crippen LogP contribution in [0.1, 0.15) is 12.8 Å². The number of amides is 2. The number of piperidine rings is 1. The first kappa shape index (κ1) is 20.5. The minimum Gasteiger partial charge on any atom is -0.482 e. The van der Waals surface area contributed by atoms with Gasteiger partial charge in [-0.05, 0) is 18.9 Å². The van der Waals surface area contributed by atoms with E-state index in [0.717, 1.165) is 0 Å². The van der Waals surface area contributed by atoms with Gasteiger partial charge in [0, 0.05) is 38.2 Å². The van der Waals surface area contributed by atoms with Gasteiger partial charge in [-0.2, -0.15) is 0 Å². The fourth-order valence-electron chi connectivity index (χ4n) is 3.26. The molecule has 148 valence electrons. The first-order chi connectivity index (χ1) is 13.0. The van der Waals surface area contributed by atoms with Crippen LogP contribution in [0, 0.1) is 5.92 Å². The van der Waals surface area contributed by atoms with E-state index in [2.05, 4.69) is 0 Å². The average Bonchev–Trinajstić information content (AvgIpc) is 2.69. The van der Waals surface area contributed by atoms with Crippen molar-refractivity contribution in [2.24, 2.45) is 5.92 Å². The van der Waals surface area contributed by atoms with E-state index in [0.29, 0.717) is 73.1 Å². The monoisotopic (exact) mass is 434 g/mol. The number of rotatable bonds is 4. The van der Waals surface area contributed by atoms with Gasteiger partial charge < -0.3 is 19.3 Å². The maximum Gasteiger partial charge on any atom is 0.260 e. The number of hydrogen-bond acceptors (Lipinski definition) is 4. The molecular weight excluding hydrogens is 415 g/mol. The number of hydrogen-bond donors (Lipinski definition) is 0. The van der Waals surface area contributed by atoms with Crippen LogP contribution >= 0.6 is 34.8 Å². The SMILES string of the molecule is O=C(COc1cc(Cl)c(Cl)cc1Cl)N1CCC(C(=O)N2CCOCC2)CC1. The van der Waals surface area contributed by atoms with Gasteiger partial charge in [0.15, 0.2) is 6.61 Å². The second-order valence-corrected chi connectivity index (χ2v) is 7.80. The Labute approximate surface area is 173 Å². The largest absolute Gasteiger partial charge is 0.482 e. The number of likely N-dealkylation sites (tertiary alicyclic amines) is 1. The third-order valence-electron chi connectivity index (χ3n) is 4.85. The van der Waals surface area contributed by atoms with Crippen LogP contribution in [0.25, 0.3) is 0 Å². The molecule has 2 saturated heterocycles. The Morgan fingerprint density at radius 3 is 2.26 bits per heavy atom. The summed E-state index contributed by atoms with van der Waals surface area (Å²) in [7, 11) is 0. The molecular formula is C18H21Cl3N2O4. The molecule has 0 N–H and O–H groups in total. The van der Waals surface area contributed by atoms with Crippen molar-refractivity contribution in [2.45, 2.75) is 12.8 Å². The minimum atomic E-state index is -0.144. The Hall–Kier alpha value is -1.21. The van der Waals surface area contributed by atoms with Crippen molar-refractivity contribution < 1.29 is 19.1 Å². The zero-order chi connectivity index (χ0) is 19.4. The molecule has 2 amide bonds.